The molecule has 2 N–H and O–H groups in total. The number of guanidine groups is 1. The molecule has 0 aliphatic carbocycles. The fourth-order valence-corrected chi connectivity index (χ4v) is 2.06. The van der Waals surface area contributed by atoms with Crippen LogP contribution in [0.15, 0.2) is 33.7 Å². The third-order valence-corrected chi connectivity index (χ3v) is 3.08. The van der Waals surface area contributed by atoms with Gasteiger partial charge in [-0.05, 0) is 38.1 Å². The summed E-state index contributed by atoms with van der Waals surface area (Å²) in [5.74, 6) is 0.599. The fraction of sp³-hybridized carbons (Fsp3) is 0.364. The van der Waals surface area contributed by atoms with Crippen LogP contribution in [0.2, 0.25) is 0 Å². The van der Waals surface area contributed by atoms with Crippen molar-refractivity contribution in [3.63, 3.8) is 0 Å². The molecule has 0 amide bonds. The second-order valence-corrected chi connectivity index (χ2v) is 5.21. The molecule has 1 aromatic rings. The summed E-state index contributed by atoms with van der Waals surface area (Å²) in [6.45, 7) is 5.02. The Labute approximate surface area is 98.1 Å². The van der Waals surface area contributed by atoms with E-state index < -0.39 is 0 Å². The lowest BCUT2D eigenvalue weighted by Gasteiger charge is -2.32. The maximum absolute atomic E-state index is 5.89. The molecule has 0 fully saturated rings. The number of hydrogen-bond acceptors (Lipinski definition) is 3. The molecule has 0 radical (unpaired) electrons. The van der Waals surface area contributed by atoms with Gasteiger partial charge in [-0.1, -0.05) is 15.9 Å². The fourth-order valence-electron chi connectivity index (χ4n) is 1.80. The highest BCUT2D eigenvalue weighted by molar-refractivity contribution is 9.10. The summed E-state index contributed by atoms with van der Waals surface area (Å²) in [6.07, 6.45) is 0. The van der Waals surface area contributed by atoms with Gasteiger partial charge in [0.15, 0.2) is 5.96 Å². The van der Waals surface area contributed by atoms with Crippen molar-refractivity contribution in [3.05, 3.63) is 28.7 Å². The van der Waals surface area contributed by atoms with E-state index in [4.69, 9.17) is 5.73 Å². The summed E-state index contributed by atoms with van der Waals surface area (Å²) < 4.78 is 1.07. The van der Waals surface area contributed by atoms with Gasteiger partial charge in [0.25, 0.3) is 0 Å². The summed E-state index contributed by atoms with van der Waals surface area (Å²) >= 11 is 3.42. The van der Waals surface area contributed by atoms with Gasteiger partial charge in [-0.15, -0.1) is 0 Å². The van der Waals surface area contributed by atoms with Gasteiger partial charge in [0, 0.05) is 10.2 Å². The molecule has 3 nitrogen and oxygen atoms in total. The summed E-state index contributed by atoms with van der Waals surface area (Å²) in [6, 6.07) is 8.10. The first kappa shape index (κ1) is 10.5. The molecule has 4 heteroatoms. The van der Waals surface area contributed by atoms with Gasteiger partial charge in [-0.2, -0.15) is 0 Å². The zero-order chi connectivity index (χ0) is 11.1. The largest absolute Gasteiger partial charge is 0.369 e. The second-order valence-electron chi connectivity index (χ2n) is 4.30. The van der Waals surface area contributed by atoms with Crippen molar-refractivity contribution in [3.8, 4) is 0 Å². The van der Waals surface area contributed by atoms with Gasteiger partial charge in [0.1, 0.15) is 0 Å². The Kier molecular flexibility index (Phi) is 2.46. The Morgan fingerprint density at radius 3 is 2.40 bits per heavy atom. The predicted molar refractivity (Wildman–Crippen MR) is 67.2 cm³/mol. The van der Waals surface area contributed by atoms with Crippen LogP contribution in [-0.2, 0) is 0 Å². The van der Waals surface area contributed by atoms with Crippen LogP contribution < -0.4 is 10.6 Å². The second kappa shape index (κ2) is 3.52. The number of halogens is 1. The quantitative estimate of drug-likeness (QED) is 0.849. The predicted octanol–water partition coefficient (Wildman–Crippen LogP) is 2.36. The number of nitrogens with two attached hydrogens (primary N) is 1. The van der Waals surface area contributed by atoms with Gasteiger partial charge in [0.05, 0.1) is 12.1 Å². The minimum Gasteiger partial charge on any atom is -0.369 e. The van der Waals surface area contributed by atoms with Crippen molar-refractivity contribution in [2.75, 3.05) is 11.4 Å². The molecule has 0 spiro atoms. The summed E-state index contributed by atoms with van der Waals surface area (Å²) in [4.78, 5) is 6.35. The molecule has 1 heterocycles. The van der Waals surface area contributed by atoms with E-state index >= 15 is 0 Å². The van der Waals surface area contributed by atoms with Crippen molar-refractivity contribution in [2.45, 2.75) is 19.4 Å². The van der Waals surface area contributed by atoms with Crippen molar-refractivity contribution < 1.29 is 0 Å². The summed E-state index contributed by atoms with van der Waals surface area (Å²) in [5, 5.41) is 0. The van der Waals surface area contributed by atoms with E-state index in [0.29, 0.717) is 5.96 Å². The van der Waals surface area contributed by atoms with Crippen LogP contribution >= 0.6 is 15.9 Å². The third kappa shape index (κ3) is 1.86. The Morgan fingerprint density at radius 2 is 1.93 bits per heavy atom. The highest BCUT2D eigenvalue weighted by atomic mass is 79.9. The van der Waals surface area contributed by atoms with Gasteiger partial charge in [-0.25, -0.2) is 0 Å². The van der Waals surface area contributed by atoms with E-state index in [1.54, 1.807) is 0 Å². The molecular weight excluding hydrogens is 254 g/mol. The Balaban J connectivity index is 2.37. The van der Waals surface area contributed by atoms with Crippen LogP contribution in [0.5, 0.6) is 0 Å². The molecule has 0 aromatic heterocycles. The molecule has 1 aromatic carbocycles. The molecule has 2 rings (SSSR count). The Bertz CT molecular complexity index is 395. The minimum absolute atomic E-state index is 0.0298. The SMILES string of the molecule is CC1(C)CN=C(N)N1c1ccc(Br)cc1. The molecule has 1 aliphatic heterocycles. The van der Waals surface area contributed by atoms with Gasteiger partial charge >= 0.3 is 0 Å². The highest BCUT2D eigenvalue weighted by Gasteiger charge is 2.34. The van der Waals surface area contributed by atoms with Crippen molar-refractivity contribution in [1.29, 1.82) is 0 Å². The zero-order valence-electron chi connectivity index (χ0n) is 8.87. The van der Waals surface area contributed by atoms with Gasteiger partial charge < -0.3 is 10.6 Å². The van der Waals surface area contributed by atoms with E-state index in [2.05, 4.69) is 39.7 Å². The number of hydrogen-bond donors (Lipinski definition) is 1. The minimum atomic E-state index is -0.0298. The van der Waals surface area contributed by atoms with Crippen molar-refractivity contribution in [1.82, 2.24) is 0 Å². The van der Waals surface area contributed by atoms with Crippen LogP contribution in [0.4, 0.5) is 5.69 Å². The van der Waals surface area contributed by atoms with Crippen LogP contribution in [0, 0.1) is 0 Å². The third-order valence-electron chi connectivity index (χ3n) is 2.55. The van der Waals surface area contributed by atoms with Crippen LogP contribution in [0.1, 0.15) is 13.8 Å². The molecule has 15 heavy (non-hydrogen) atoms. The number of rotatable bonds is 1. The zero-order valence-corrected chi connectivity index (χ0v) is 10.5. The monoisotopic (exact) mass is 267 g/mol. The average Bonchev–Trinajstić information content (AvgIpc) is 2.43. The van der Waals surface area contributed by atoms with E-state index in [0.717, 1.165) is 16.7 Å². The van der Waals surface area contributed by atoms with E-state index in [-0.39, 0.29) is 5.54 Å². The highest BCUT2D eigenvalue weighted by Crippen LogP contribution is 2.28. The van der Waals surface area contributed by atoms with Crippen LogP contribution in [0.3, 0.4) is 0 Å². The lowest BCUT2D eigenvalue weighted by atomic mass is 10.0. The average molecular weight is 268 g/mol. The molecule has 0 saturated heterocycles. The molecule has 0 unspecified atom stereocenters. The molecule has 0 bridgehead atoms. The first-order valence-corrected chi connectivity index (χ1v) is 5.66. The first-order valence-electron chi connectivity index (χ1n) is 4.86. The molecule has 1 aliphatic rings. The van der Waals surface area contributed by atoms with E-state index in [1.165, 1.54) is 0 Å². The maximum atomic E-state index is 5.89. The van der Waals surface area contributed by atoms with Crippen LogP contribution in [-0.4, -0.2) is 18.0 Å². The molecular formula is C11H14BrN3. The lowest BCUT2D eigenvalue weighted by Crippen LogP contribution is -2.47. The first-order chi connectivity index (χ1) is 7.00. The standard InChI is InChI=1S/C11H14BrN3/c1-11(2)7-14-10(13)15(11)9-5-3-8(12)4-6-9/h3-6H,7H2,1-2H3,(H2,13,14). The number of benzene rings is 1. The Morgan fingerprint density at radius 1 is 1.33 bits per heavy atom. The number of aliphatic imine (C=N–C) groups is 1. The van der Waals surface area contributed by atoms with Gasteiger partial charge in [-0.3, -0.25) is 4.99 Å². The Hall–Kier alpha value is -1.03. The summed E-state index contributed by atoms with van der Waals surface area (Å²) in [5.41, 5.74) is 6.94. The van der Waals surface area contributed by atoms with E-state index in [9.17, 15) is 0 Å². The summed E-state index contributed by atoms with van der Waals surface area (Å²) in [7, 11) is 0. The maximum Gasteiger partial charge on any atom is 0.196 e. The van der Waals surface area contributed by atoms with Gasteiger partial charge in [0.2, 0.25) is 0 Å². The molecule has 80 valence electrons. The van der Waals surface area contributed by atoms with Crippen molar-refractivity contribution >= 4 is 27.6 Å². The lowest BCUT2D eigenvalue weighted by molar-refractivity contribution is 0.557. The molecule has 0 atom stereocenters. The topological polar surface area (TPSA) is 41.6 Å². The van der Waals surface area contributed by atoms with Crippen molar-refractivity contribution in [2.24, 2.45) is 10.7 Å². The normalized spacial score (nSPS) is 19.1. The smallest absolute Gasteiger partial charge is 0.196 e. The number of nitrogens with zero attached hydrogens (tertiary/aromatic N) is 2. The molecule has 0 saturated carbocycles. The number of anilines is 1. The van der Waals surface area contributed by atoms with Crippen LogP contribution in [0.25, 0.3) is 0 Å². The van der Waals surface area contributed by atoms with E-state index in [1.807, 2.05) is 24.3 Å².